The standard InChI is InChI=1S/C24H25NO8S/c1-16-20(24(27)31-4)13-19(33-16)15-32-23(26)18-10-11-21(30-3)22(12-18)34(28,29)25(2)14-17-8-6-5-7-9-17/h5-13H,14-15H2,1-4H3. The molecule has 0 spiro atoms. The predicted molar refractivity (Wildman–Crippen MR) is 122 cm³/mol. The second-order valence-electron chi connectivity index (χ2n) is 7.36. The van der Waals surface area contributed by atoms with Crippen molar-refractivity contribution in [1.82, 2.24) is 4.31 Å². The lowest BCUT2D eigenvalue weighted by Gasteiger charge is -2.19. The minimum Gasteiger partial charge on any atom is -0.495 e. The van der Waals surface area contributed by atoms with Gasteiger partial charge in [0.15, 0.2) is 0 Å². The van der Waals surface area contributed by atoms with Gasteiger partial charge in [-0.05, 0) is 36.8 Å². The van der Waals surface area contributed by atoms with Crippen molar-refractivity contribution in [1.29, 1.82) is 0 Å². The molecule has 0 N–H and O–H groups in total. The highest BCUT2D eigenvalue weighted by Crippen LogP contribution is 2.28. The quantitative estimate of drug-likeness (QED) is 0.421. The molecule has 0 bridgehead atoms. The van der Waals surface area contributed by atoms with Gasteiger partial charge in [-0.2, -0.15) is 4.31 Å². The molecule has 0 atom stereocenters. The van der Waals surface area contributed by atoms with E-state index >= 15 is 0 Å². The van der Waals surface area contributed by atoms with E-state index in [4.69, 9.17) is 13.9 Å². The summed E-state index contributed by atoms with van der Waals surface area (Å²) in [5.41, 5.74) is 1.06. The Morgan fingerprint density at radius 3 is 2.35 bits per heavy atom. The summed E-state index contributed by atoms with van der Waals surface area (Å²) >= 11 is 0. The second-order valence-corrected chi connectivity index (χ2v) is 9.38. The van der Waals surface area contributed by atoms with Crippen LogP contribution in [0, 0.1) is 6.92 Å². The fourth-order valence-corrected chi connectivity index (χ4v) is 4.58. The van der Waals surface area contributed by atoms with Crippen LogP contribution in [0.15, 0.2) is 63.9 Å². The fraction of sp³-hybridized carbons (Fsp3) is 0.250. The van der Waals surface area contributed by atoms with Crippen LogP contribution in [0.2, 0.25) is 0 Å². The normalized spacial score (nSPS) is 11.3. The Labute approximate surface area is 197 Å². The Morgan fingerprint density at radius 1 is 1.00 bits per heavy atom. The van der Waals surface area contributed by atoms with E-state index in [9.17, 15) is 18.0 Å². The van der Waals surface area contributed by atoms with Crippen molar-refractivity contribution < 1.29 is 36.6 Å². The predicted octanol–water partition coefficient (Wildman–Crippen LogP) is 3.56. The molecule has 1 aromatic heterocycles. The SMILES string of the molecule is COC(=O)c1cc(COC(=O)c2ccc(OC)c(S(=O)(=O)N(C)Cc3ccccc3)c2)oc1C. The monoisotopic (exact) mass is 487 g/mol. The highest BCUT2D eigenvalue weighted by Gasteiger charge is 2.27. The van der Waals surface area contributed by atoms with Gasteiger partial charge >= 0.3 is 11.9 Å². The van der Waals surface area contributed by atoms with Crippen molar-refractivity contribution in [2.45, 2.75) is 25.0 Å². The zero-order chi connectivity index (χ0) is 24.9. The maximum Gasteiger partial charge on any atom is 0.341 e. The second kappa shape index (κ2) is 10.5. The summed E-state index contributed by atoms with van der Waals surface area (Å²) in [6.45, 7) is 1.48. The molecular weight excluding hydrogens is 462 g/mol. The number of nitrogens with zero attached hydrogens (tertiary/aromatic N) is 1. The Balaban J connectivity index is 1.80. The van der Waals surface area contributed by atoms with Gasteiger partial charge < -0.3 is 18.6 Å². The van der Waals surface area contributed by atoms with Crippen LogP contribution in [0.3, 0.4) is 0 Å². The van der Waals surface area contributed by atoms with Crippen LogP contribution >= 0.6 is 0 Å². The van der Waals surface area contributed by atoms with Crippen LogP contribution in [-0.4, -0.2) is 45.9 Å². The Bertz CT molecular complexity index is 1280. The number of carbonyl (C=O) groups excluding carboxylic acids is 2. The number of benzene rings is 2. The molecule has 2 aromatic carbocycles. The molecule has 0 unspecified atom stereocenters. The van der Waals surface area contributed by atoms with E-state index in [-0.39, 0.29) is 40.7 Å². The molecule has 0 aliphatic carbocycles. The number of rotatable bonds is 9. The summed E-state index contributed by atoms with van der Waals surface area (Å²) in [7, 11) is 0.0621. The number of esters is 2. The van der Waals surface area contributed by atoms with E-state index in [2.05, 4.69) is 4.74 Å². The van der Waals surface area contributed by atoms with Crippen LogP contribution in [0.25, 0.3) is 0 Å². The van der Waals surface area contributed by atoms with Gasteiger partial charge in [0.25, 0.3) is 0 Å². The average molecular weight is 488 g/mol. The fourth-order valence-electron chi connectivity index (χ4n) is 3.25. The van der Waals surface area contributed by atoms with Crippen LogP contribution < -0.4 is 4.74 Å². The summed E-state index contributed by atoms with van der Waals surface area (Å²) in [4.78, 5) is 24.2. The molecular formula is C24H25NO8S. The first-order valence-corrected chi connectivity index (χ1v) is 11.6. The summed E-state index contributed by atoms with van der Waals surface area (Å²) < 4.78 is 48.2. The third-order valence-corrected chi connectivity index (χ3v) is 6.88. The molecule has 1 heterocycles. The average Bonchev–Trinajstić information content (AvgIpc) is 3.22. The largest absolute Gasteiger partial charge is 0.495 e. The summed E-state index contributed by atoms with van der Waals surface area (Å²) in [6.07, 6.45) is 0. The van der Waals surface area contributed by atoms with Crippen LogP contribution in [0.4, 0.5) is 0 Å². The highest BCUT2D eigenvalue weighted by atomic mass is 32.2. The van der Waals surface area contributed by atoms with Crippen molar-refractivity contribution in [3.05, 3.63) is 82.8 Å². The minimum atomic E-state index is -3.99. The highest BCUT2D eigenvalue weighted by molar-refractivity contribution is 7.89. The van der Waals surface area contributed by atoms with E-state index in [0.717, 1.165) is 5.56 Å². The lowest BCUT2D eigenvalue weighted by Crippen LogP contribution is -2.27. The number of methoxy groups -OCH3 is 2. The Kier molecular flexibility index (Phi) is 7.75. The topological polar surface area (TPSA) is 112 Å². The molecule has 0 radical (unpaired) electrons. The molecule has 0 fully saturated rings. The number of furan rings is 1. The van der Waals surface area contributed by atoms with Crippen molar-refractivity contribution in [2.75, 3.05) is 21.3 Å². The Morgan fingerprint density at radius 2 is 1.71 bits per heavy atom. The first kappa shape index (κ1) is 25.0. The lowest BCUT2D eigenvalue weighted by molar-refractivity contribution is 0.0443. The van der Waals surface area contributed by atoms with Crippen LogP contribution in [0.5, 0.6) is 5.75 Å². The third-order valence-electron chi connectivity index (χ3n) is 5.06. The lowest BCUT2D eigenvalue weighted by atomic mass is 10.2. The summed E-state index contributed by atoms with van der Waals surface area (Å²) in [6, 6.07) is 14.6. The minimum absolute atomic E-state index is 0.0176. The van der Waals surface area contributed by atoms with E-state index in [0.29, 0.717) is 5.76 Å². The third kappa shape index (κ3) is 5.46. The number of carbonyl (C=O) groups is 2. The number of hydrogen-bond acceptors (Lipinski definition) is 8. The summed E-state index contributed by atoms with van der Waals surface area (Å²) in [5, 5.41) is 0. The van der Waals surface area contributed by atoms with Crippen molar-refractivity contribution in [3.8, 4) is 5.75 Å². The van der Waals surface area contributed by atoms with Crippen molar-refractivity contribution >= 4 is 22.0 Å². The first-order chi connectivity index (χ1) is 16.2. The van der Waals surface area contributed by atoms with Gasteiger partial charge in [-0.25, -0.2) is 18.0 Å². The molecule has 9 nitrogen and oxygen atoms in total. The number of sulfonamides is 1. The van der Waals surface area contributed by atoms with Crippen LogP contribution in [0.1, 0.15) is 37.8 Å². The van der Waals surface area contributed by atoms with Gasteiger partial charge in [-0.1, -0.05) is 30.3 Å². The van der Waals surface area contributed by atoms with Crippen LogP contribution in [-0.2, 0) is 32.6 Å². The van der Waals surface area contributed by atoms with Crippen molar-refractivity contribution in [2.24, 2.45) is 0 Å². The van der Waals surface area contributed by atoms with Gasteiger partial charge in [-0.15, -0.1) is 0 Å². The van der Waals surface area contributed by atoms with Gasteiger partial charge in [0.2, 0.25) is 10.0 Å². The molecule has 0 aliphatic heterocycles. The molecule has 3 aromatic rings. The maximum absolute atomic E-state index is 13.2. The first-order valence-electron chi connectivity index (χ1n) is 10.2. The molecule has 0 saturated carbocycles. The van der Waals surface area contributed by atoms with E-state index in [1.54, 1.807) is 6.92 Å². The van der Waals surface area contributed by atoms with E-state index in [1.165, 1.54) is 49.8 Å². The maximum atomic E-state index is 13.2. The number of aryl methyl sites for hydroxylation is 1. The van der Waals surface area contributed by atoms with Gasteiger partial charge in [0.05, 0.1) is 19.8 Å². The molecule has 3 rings (SSSR count). The molecule has 0 aliphatic rings. The van der Waals surface area contributed by atoms with Gasteiger partial charge in [-0.3, -0.25) is 0 Å². The molecule has 10 heteroatoms. The zero-order valence-electron chi connectivity index (χ0n) is 19.2. The van der Waals surface area contributed by atoms with E-state index in [1.807, 2.05) is 30.3 Å². The van der Waals surface area contributed by atoms with Gasteiger partial charge in [0, 0.05) is 13.6 Å². The van der Waals surface area contributed by atoms with Gasteiger partial charge in [0.1, 0.15) is 34.3 Å². The van der Waals surface area contributed by atoms with E-state index < -0.39 is 22.0 Å². The molecule has 34 heavy (non-hydrogen) atoms. The smallest absolute Gasteiger partial charge is 0.341 e. The summed E-state index contributed by atoms with van der Waals surface area (Å²) in [5.74, 6) is -0.657. The number of ether oxygens (including phenoxy) is 3. The molecule has 0 amide bonds. The Hall–Kier alpha value is -3.63. The molecule has 180 valence electrons. The molecule has 0 saturated heterocycles. The number of hydrogen-bond donors (Lipinski definition) is 0. The van der Waals surface area contributed by atoms with Crippen molar-refractivity contribution in [3.63, 3.8) is 0 Å². The zero-order valence-corrected chi connectivity index (χ0v) is 20.0.